The summed E-state index contributed by atoms with van der Waals surface area (Å²) in [7, 11) is 0. The lowest BCUT2D eigenvalue weighted by Gasteiger charge is -2.35. The highest BCUT2D eigenvalue weighted by Crippen LogP contribution is 2.31. The first-order valence-corrected chi connectivity index (χ1v) is 15.0. The maximum atomic E-state index is 13.6. The molecule has 0 unspecified atom stereocenters. The zero-order valence-corrected chi connectivity index (χ0v) is 25.5. The summed E-state index contributed by atoms with van der Waals surface area (Å²) >= 11 is 0. The summed E-state index contributed by atoms with van der Waals surface area (Å²) in [4.78, 5) is 40.0. The van der Waals surface area contributed by atoms with E-state index in [4.69, 9.17) is 9.47 Å². The zero-order valence-electron chi connectivity index (χ0n) is 25.5. The van der Waals surface area contributed by atoms with Gasteiger partial charge in [0.25, 0.3) is 0 Å². The lowest BCUT2D eigenvalue weighted by atomic mass is 9.93. The van der Waals surface area contributed by atoms with Crippen molar-refractivity contribution in [2.75, 3.05) is 6.61 Å². The van der Waals surface area contributed by atoms with Gasteiger partial charge in [-0.2, -0.15) is 13.2 Å². The van der Waals surface area contributed by atoms with Crippen LogP contribution in [0, 0.1) is 0 Å². The Hall–Kier alpha value is -5.32. The van der Waals surface area contributed by atoms with Gasteiger partial charge >= 0.3 is 18.2 Å². The van der Waals surface area contributed by atoms with Gasteiger partial charge in [-0.15, -0.1) is 0 Å². The summed E-state index contributed by atoms with van der Waals surface area (Å²) in [5, 5.41) is 12.6. The molecule has 4 aromatic rings. The van der Waals surface area contributed by atoms with Gasteiger partial charge in [0.1, 0.15) is 24.4 Å². The lowest BCUT2D eigenvalue weighted by Crippen LogP contribution is -2.56. The predicted octanol–water partition coefficient (Wildman–Crippen LogP) is 6.65. The highest BCUT2D eigenvalue weighted by Gasteiger charge is 2.37. The van der Waals surface area contributed by atoms with Gasteiger partial charge < -0.3 is 19.9 Å². The third kappa shape index (κ3) is 8.29. The Morgan fingerprint density at radius 2 is 1.55 bits per heavy atom. The van der Waals surface area contributed by atoms with Gasteiger partial charge in [0, 0.05) is 12.8 Å². The summed E-state index contributed by atoms with van der Waals surface area (Å²) < 4.78 is 49.7. The number of hydrogen-bond acceptors (Lipinski definition) is 5. The maximum Gasteiger partial charge on any atom is 0.416 e. The van der Waals surface area contributed by atoms with Crippen molar-refractivity contribution in [3.05, 3.63) is 125 Å². The number of carbonyl (C=O) groups excluding carboxylic acids is 2. The number of nitrogens with one attached hydrogen (secondary N) is 1. The van der Waals surface area contributed by atoms with Gasteiger partial charge in [0.15, 0.2) is 0 Å². The van der Waals surface area contributed by atoms with E-state index in [2.05, 4.69) is 5.32 Å². The quantitative estimate of drug-likeness (QED) is 0.200. The minimum atomic E-state index is -4.43. The third-order valence-electron chi connectivity index (χ3n) is 7.92. The summed E-state index contributed by atoms with van der Waals surface area (Å²) in [6.07, 6.45) is -5.01. The topological polar surface area (TPSA) is 105 Å². The molecular weight excluding hydrogens is 613 g/mol. The van der Waals surface area contributed by atoms with Crippen LogP contribution in [0.15, 0.2) is 97.1 Å². The van der Waals surface area contributed by atoms with Crippen molar-refractivity contribution >= 4 is 18.0 Å². The van der Waals surface area contributed by atoms with Crippen LogP contribution in [0.1, 0.15) is 34.7 Å². The number of carbonyl (C=O) groups is 3. The van der Waals surface area contributed by atoms with Crippen LogP contribution >= 0.6 is 0 Å². The molecule has 5 rings (SSSR count). The molecule has 47 heavy (non-hydrogen) atoms. The van der Waals surface area contributed by atoms with E-state index in [0.29, 0.717) is 16.9 Å². The maximum absolute atomic E-state index is 13.6. The fourth-order valence-corrected chi connectivity index (χ4v) is 5.41. The van der Waals surface area contributed by atoms with Crippen molar-refractivity contribution in [3.8, 4) is 16.9 Å². The van der Waals surface area contributed by atoms with Crippen LogP contribution in [0.3, 0.4) is 0 Å². The molecule has 2 amide bonds. The summed E-state index contributed by atoms with van der Waals surface area (Å²) in [6.45, 7) is 1.74. The van der Waals surface area contributed by atoms with Crippen LogP contribution in [0.25, 0.3) is 11.1 Å². The SMILES string of the molecule is CCOC(=O)N1Cc2cc(OCc3ccc(C(F)(F)F)cc3)ccc2C[C@H]1C(=O)N[C@@H](Cc1ccc(-c2ccccc2)cc1)C(=O)O. The molecule has 0 aliphatic carbocycles. The highest BCUT2D eigenvalue weighted by molar-refractivity contribution is 5.90. The highest BCUT2D eigenvalue weighted by atomic mass is 19.4. The van der Waals surface area contributed by atoms with E-state index in [1.54, 1.807) is 25.1 Å². The number of aliphatic carboxylic acids is 1. The molecule has 1 heterocycles. The van der Waals surface area contributed by atoms with E-state index < -0.39 is 41.8 Å². The second-order valence-electron chi connectivity index (χ2n) is 11.1. The number of alkyl halides is 3. The van der Waals surface area contributed by atoms with Crippen molar-refractivity contribution in [2.24, 2.45) is 0 Å². The van der Waals surface area contributed by atoms with Crippen molar-refractivity contribution in [1.82, 2.24) is 10.2 Å². The molecule has 0 spiro atoms. The van der Waals surface area contributed by atoms with Crippen LogP contribution in [0.4, 0.5) is 18.0 Å². The normalized spacial score (nSPS) is 14.9. The molecular formula is C36H33F3N2O6. The fraction of sp³-hybridized carbons (Fsp3) is 0.250. The molecule has 244 valence electrons. The van der Waals surface area contributed by atoms with E-state index in [-0.39, 0.29) is 32.6 Å². The minimum Gasteiger partial charge on any atom is -0.489 e. The first-order chi connectivity index (χ1) is 22.5. The summed E-state index contributed by atoms with van der Waals surface area (Å²) in [5.41, 5.74) is 3.97. The number of nitrogens with zero attached hydrogens (tertiary/aromatic N) is 1. The van der Waals surface area contributed by atoms with Gasteiger partial charge in [0.05, 0.1) is 18.7 Å². The zero-order chi connectivity index (χ0) is 33.6. The Balaban J connectivity index is 1.27. The van der Waals surface area contributed by atoms with E-state index in [9.17, 15) is 32.7 Å². The number of halogens is 3. The van der Waals surface area contributed by atoms with E-state index in [0.717, 1.165) is 34.4 Å². The van der Waals surface area contributed by atoms with Crippen LogP contribution in [0.5, 0.6) is 5.75 Å². The minimum absolute atomic E-state index is 0.00240. The molecule has 0 saturated carbocycles. The molecule has 2 atom stereocenters. The monoisotopic (exact) mass is 646 g/mol. The van der Waals surface area contributed by atoms with Gasteiger partial charge in [-0.3, -0.25) is 9.69 Å². The molecule has 11 heteroatoms. The van der Waals surface area contributed by atoms with Crippen molar-refractivity contribution in [3.63, 3.8) is 0 Å². The Morgan fingerprint density at radius 1 is 0.894 bits per heavy atom. The van der Waals surface area contributed by atoms with Gasteiger partial charge in [-0.25, -0.2) is 9.59 Å². The van der Waals surface area contributed by atoms with Gasteiger partial charge in [-0.05, 0) is 64.6 Å². The standard InChI is InChI=1S/C36H33F3N2O6/c1-2-46-35(45)41-21-28-19-30(47-22-24-10-15-29(16-11-24)36(37,38)39)17-14-27(28)20-32(41)33(42)40-31(34(43)44)18-23-8-12-26(13-9-23)25-6-4-3-5-7-25/h3-17,19,31-32H,2,18,20-22H2,1H3,(H,40,42)(H,43,44)/t31-,32-/m0/s1. The molecule has 0 saturated heterocycles. The molecule has 1 aliphatic rings. The largest absolute Gasteiger partial charge is 0.489 e. The van der Waals surface area contributed by atoms with E-state index >= 15 is 0 Å². The third-order valence-corrected chi connectivity index (χ3v) is 7.92. The van der Waals surface area contributed by atoms with E-state index in [1.807, 2.05) is 54.6 Å². The lowest BCUT2D eigenvalue weighted by molar-refractivity contribution is -0.142. The molecule has 8 nitrogen and oxygen atoms in total. The Bertz CT molecular complexity index is 1710. The van der Waals surface area contributed by atoms with Gasteiger partial charge in [-0.1, -0.05) is 72.8 Å². The second-order valence-corrected chi connectivity index (χ2v) is 11.1. The van der Waals surface area contributed by atoms with Crippen molar-refractivity contribution < 1.29 is 42.1 Å². The number of fused-ring (bicyclic) bond motifs is 1. The van der Waals surface area contributed by atoms with Gasteiger partial charge in [0.2, 0.25) is 5.91 Å². The summed E-state index contributed by atoms with van der Waals surface area (Å²) in [5.74, 6) is -1.40. The Morgan fingerprint density at radius 3 is 2.19 bits per heavy atom. The number of carboxylic acid groups (broad SMARTS) is 1. The van der Waals surface area contributed by atoms with Crippen LogP contribution in [-0.4, -0.2) is 46.7 Å². The summed E-state index contributed by atoms with van der Waals surface area (Å²) in [6, 6.07) is 24.7. The average Bonchev–Trinajstić information content (AvgIpc) is 3.07. The second kappa shape index (κ2) is 14.4. The van der Waals surface area contributed by atoms with Crippen LogP contribution in [0.2, 0.25) is 0 Å². The first-order valence-electron chi connectivity index (χ1n) is 15.0. The Kier molecular flexibility index (Phi) is 10.1. The number of rotatable bonds is 10. The molecule has 2 N–H and O–H groups in total. The molecule has 0 fully saturated rings. The number of carboxylic acids is 1. The smallest absolute Gasteiger partial charge is 0.416 e. The van der Waals surface area contributed by atoms with Crippen LogP contribution < -0.4 is 10.1 Å². The molecule has 1 aliphatic heterocycles. The van der Waals surface area contributed by atoms with Crippen molar-refractivity contribution in [2.45, 2.75) is 51.2 Å². The van der Waals surface area contributed by atoms with Crippen molar-refractivity contribution in [1.29, 1.82) is 0 Å². The first kappa shape index (κ1) is 33.1. The van der Waals surface area contributed by atoms with E-state index in [1.165, 1.54) is 17.0 Å². The number of hydrogen-bond donors (Lipinski definition) is 2. The molecule has 0 radical (unpaired) electrons. The fourth-order valence-electron chi connectivity index (χ4n) is 5.41. The number of amides is 2. The molecule has 0 aromatic heterocycles. The number of ether oxygens (including phenoxy) is 2. The van der Waals surface area contributed by atoms with Crippen LogP contribution in [-0.2, 0) is 46.5 Å². The number of benzene rings is 4. The molecule has 0 bridgehead atoms. The molecule has 4 aromatic carbocycles. The Labute approximate surface area is 269 Å². The predicted molar refractivity (Wildman–Crippen MR) is 167 cm³/mol. The average molecular weight is 647 g/mol.